The highest BCUT2D eigenvalue weighted by molar-refractivity contribution is 6.31. The van der Waals surface area contributed by atoms with E-state index in [4.69, 9.17) is 16.3 Å². The quantitative estimate of drug-likeness (QED) is 0.905. The van der Waals surface area contributed by atoms with Crippen LogP contribution >= 0.6 is 24.0 Å². The Morgan fingerprint density at radius 3 is 2.60 bits per heavy atom. The van der Waals surface area contributed by atoms with Gasteiger partial charge in [0.25, 0.3) is 0 Å². The number of cyclic esters (lactones) is 1. The minimum atomic E-state index is -0.392. The number of benzene rings is 1. The summed E-state index contributed by atoms with van der Waals surface area (Å²) < 4.78 is 5.05. The van der Waals surface area contributed by atoms with E-state index in [1.807, 2.05) is 51.0 Å². The average molecular weight is 319 g/mol. The molecule has 20 heavy (non-hydrogen) atoms. The van der Waals surface area contributed by atoms with Crippen molar-refractivity contribution in [2.75, 3.05) is 25.6 Å². The Bertz CT molecular complexity index is 504. The lowest BCUT2D eigenvalue weighted by Crippen LogP contribution is -2.47. The highest BCUT2D eigenvalue weighted by Gasteiger charge is 2.38. The minimum absolute atomic E-state index is 0. The Morgan fingerprint density at radius 2 is 2.05 bits per heavy atom. The van der Waals surface area contributed by atoms with Crippen molar-refractivity contribution in [1.82, 2.24) is 5.32 Å². The molecule has 1 atom stereocenters. The van der Waals surface area contributed by atoms with Crippen LogP contribution in [0.1, 0.15) is 25.5 Å². The van der Waals surface area contributed by atoms with Crippen molar-refractivity contribution in [2.45, 2.75) is 19.9 Å². The second kappa shape index (κ2) is 6.10. The van der Waals surface area contributed by atoms with Gasteiger partial charge >= 0.3 is 6.09 Å². The van der Waals surface area contributed by atoms with Gasteiger partial charge in [0.15, 0.2) is 0 Å². The van der Waals surface area contributed by atoms with Crippen molar-refractivity contribution in [3.63, 3.8) is 0 Å². The maximum absolute atomic E-state index is 11.4. The molecular formula is C14H20Cl2N2O2. The maximum Gasteiger partial charge on any atom is 0.407 e. The van der Waals surface area contributed by atoms with Crippen LogP contribution in [0.4, 0.5) is 10.5 Å². The summed E-state index contributed by atoms with van der Waals surface area (Å²) >= 11 is 6.36. The molecule has 1 aromatic rings. The van der Waals surface area contributed by atoms with Crippen molar-refractivity contribution in [3.8, 4) is 0 Å². The van der Waals surface area contributed by atoms with Gasteiger partial charge in [-0.1, -0.05) is 31.5 Å². The van der Waals surface area contributed by atoms with Crippen LogP contribution in [-0.4, -0.2) is 26.8 Å². The molecule has 6 heteroatoms. The second-order valence-electron chi connectivity index (χ2n) is 5.74. The van der Waals surface area contributed by atoms with Crippen LogP contribution in [-0.2, 0) is 4.74 Å². The molecule has 2 rings (SSSR count). The Labute approximate surface area is 130 Å². The molecule has 112 valence electrons. The zero-order chi connectivity index (χ0) is 14.2. The molecule has 1 saturated heterocycles. The van der Waals surface area contributed by atoms with E-state index in [9.17, 15) is 4.79 Å². The predicted octanol–water partition coefficient (Wildman–Crippen LogP) is 3.63. The number of halogens is 2. The fraction of sp³-hybridized carbons (Fsp3) is 0.500. The fourth-order valence-corrected chi connectivity index (χ4v) is 2.50. The summed E-state index contributed by atoms with van der Waals surface area (Å²) in [6.45, 7) is 4.48. The lowest BCUT2D eigenvalue weighted by atomic mass is 9.80. The van der Waals surface area contributed by atoms with Gasteiger partial charge < -0.3 is 15.0 Å². The monoisotopic (exact) mass is 318 g/mol. The number of nitrogens with one attached hydrogen (secondary N) is 1. The van der Waals surface area contributed by atoms with Crippen LogP contribution in [0, 0.1) is 5.41 Å². The van der Waals surface area contributed by atoms with Gasteiger partial charge in [0.1, 0.15) is 6.61 Å². The van der Waals surface area contributed by atoms with Crippen molar-refractivity contribution in [2.24, 2.45) is 5.41 Å². The van der Waals surface area contributed by atoms with Crippen molar-refractivity contribution in [3.05, 3.63) is 28.8 Å². The van der Waals surface area contributed by atoms with Gasteiger partial charge in [-0.05, 0) is 17.7 Å². The summed E-state index contributed by atoms with van der Waals surface area (Å²) in [5, 5.41) is 3.51. The van der Waals surface area contributed by atoms with E-state index in [1.54, 1.807) is 0 Å². The number of amides is 1. The number of carbonyl (C=O) groups excluding carboxylic acids is 1. The molecule has 0 unspecified atom stereocenters. The molecule has 0 aliphatic carbocycles. The smallest absolute Gasteiger partial charge is 0.407 e. The standard InChI is InChI=1S/C14H19ClN2O2.ClH/c1-14(2)8-19-13(18)16-12(14)10-6-5-9(17(3)4)7-11(10)15;/h5-7,12H,8H2,1-4H3,(H,16,18);1H/t12-;/m1./s1. The van der Waals surface area contributed by atoms with Gasteiger partial charge in [0.2, 0.25) is 0 Å². The summed E-state index contributed by atoms with van der Waals surface area (Å²) in [4.78, 5) is 13.4. The molecule has 1 aliphatic rings. The first-order valence-corrected chi connectivity index (χ1v) is 6.59. The van der Waals surface area contributed by atoms with Crippen molar-refractivity contribution in [1.29, 1.82) is 0 Å². The summed E-state index contributed by atoms with van der Waals surface area (Å²) in [6.07, 6.45) is -0.392. The number of alkyl carbamates (subject to hydrolysis) is 1. The Balaban J connectivity index is 0.00000200. The van der Waals surface area contributed by atoms with Crippen LogP contribution in [0.15, 0.2) is 18.2 Å². The molecule has 4 nitrogen and oxygen atoms in total. The Kier molecular flexibility index (Phi) is 5.16. The van der Waals surface area contributed by atoms with E-state index in [2.05, 4.69) is 5.32 Å². The van der Waals surface area contributed by atoms with Gasteiger partial charge in [0.05, 0.1) is 6.04 Å². The molecule has 1 aromatic carbocycles. The van der Waals surface area contributed by atoms with Crippen LogP contribution in [0.3, 0.4) is 0 Å². The van der Waals surface area contributed by atoms with E-state index in [1.165, 1.54) is 0 Å². The molecule has 0 radical (unpaired) electrons. The first-order chi connectivity index (χ1) is 8.81. The van der Waals surface area contributed by atoms with Gasteiger partial charge in [-0.15, -0.1) is 12.4 Å². The highest BCUT2D eigenvalue weighted by Crippen LogP contribution is 2.40. The average Bonchev–Trinajstić information content (AvgIpc) is 2.32. The normalized spacial score (nSPS) is 20.4. The summed E-state index contributed by atoms with van der Waals surface area (Å²) in [6, 6.07) is 5.74. The van der Waals surface area contributed by atoms with Crippen molar-refractivity contribution >= 4 is 35.8 Å². The van der Waals surface area contributed by atoms with Crippen LogP contribution in [0.2, 0.25) is 5.02 Å². The Morgan fingerprint density at radius 1 is 1.40 bits per heavy atom. The molecule has 1 N–H and O–H groups in total. The predicted molar refractivity (Wildman–Crippen MR) is 84.0 cm³/mol. The van der Waals surface area contributed by atoms with Gasteiger partial charge in [-0.2, -0.15) is 0 Å². The van der Waals surface area contributed by atoms with Gasteiger partial charge in [0, 0.05) is 30.2 Å². The first kappa shape index (κ1) is 16.9. The van der Waals surface area contributed by atoms with E-state index >= 15 is 0 Å². The molecule has 1 fully saturated rings. The third-order valence-corrected chi connectivity index (χ3v) is 3.76. The number of hydrogen-bond acceptors (Lipinski definition) is 3. The third-order valence-electron chi connectivity index (χ3n) is 3.43. The molecular weight excluding hydrogens is 299 g/mol. The lowest BCUT2D eigenvalue weighted by molar-refractivity contribution is 0.0388. The fourth-order valence-electron chi connectivity index (χ4n) is 2.22. The summed E-state index contributed by atoms with van der Waals surface area (Å²) in [5.41, 5.74) is 1.76. The molecule has 0 aromatic heterocycles. The zero-order valence-corrected chi connectivity index (χ0v) is 13.6. The number of anilines is 1. The lowest BCUT2D eigenvalue weighted by Gasteiger charge is -2.39. The molecule has 0 saturated carbocycles. The van der Waals surface area contributed by atoms with E-state index < -0.39 is 6.09 Å². The minimum Gasteiger partial charge on any atom is -0.449 e. The van der Waals surface area contributed by atoms with Crippen LogP contribution in [0.25, 0.3) is 0 Å². The molecule has 0 spiro atoms. The second-order valence-corrected chi connectivity index (χ2v) is 6.15. The van der Waals surface area contributed by atoms with E-state index in [0.717, 1.165) is 11.3 Å². The van der Waals surface area contributed by atoms with E-state index in [-0.39, 0.29) is 23.9 Å². The molecule has 1 heterocycles. The van der Waals surface area contributed by atoms with Gasteiger partial charge in [-0.25, -0.2) is 4.79 Å². The summed E-state index contributed by atoms with van der Waals surface area (Å²) in [5.74, 6) is 0. The number of carbonyl (C=O) groups is 1. The topological polar surface area (TPSA) is 41.6 Å². The SMILES string of the molecule is CN(C)c1ccc([C@H]2NC(=O)OCC2(C)C)c(Cl)c1.Cl. The Hall–Kier alpha value is -1.13. The molecule has 1 amide bonds. The number of rotatable bonds is 2. The molecule has 0 bridgehead atoms. The highest BCUT2D eigenvalue weighted by atomic mass is 35.5. The van der Waals surface area contributed by atoms with Gasteiger partial charge in [-0.3, -0.25) is 0 Å². The molecule has 1 aliphatic heterocycles. The van der Waals surface area contributed by atoms with Crippen LogP contribution < -0.4 is 10.2 Å². The third kappa shape index (κ3) is 3.30. The number of nitrogens with zero attached hydrogens (tertiary/aromatic N) is 1. The largest absolute Gasteiger partial charge is 0.449 e. The first-order valence-electron chi connectivity index (χ1n) is 6.21. The van der Waals surface area contributed by atoms with Crippen molar-refractivity contribution < 1.29 is 9.53 Å². The summed E-state index contributed by atoms with van der Waals surface area (Å²) in [7, 11) is 3.93. The number of ether oxygens (including phenoxy) is 1. The number of hydrogen-bond donors (Lipinski definition) is 1. The van der Waals surface area contributed by atoms with Crippen LogP contribution in [0.5, 0.6) is 0 Å². The zero-order valence-electron chi connectivity index (χ0n) is 12.1. The van der Waals surface area contributed by atoms with E-state index in [0.29, 0.717) is 11.6 Å². The maximum atomic E-state index is 11.4.